The number of benzene rings is 2. The van der Waals surface area contributed by atoms with Gasteiger partial charge in [-0.1, -0.05) is 46.8 Å². The molecule has 3 nitrogen and oxygen atoms in total. The van der Waals surface area contributed by atoms with Crippen LogP contribution in [0.25, 0.3) is 0 Å². The summed E-state index contributed by atoms with van der Waals surface area (Å²) in [6.45, 7) is 12.4. The molecular weight excluding hydrogens is 411 g/mol. The van der Waals surface area contributed by atoms with Crippen molar-refractivity contribution < 1.29 is 14.3 Å². The van der Waals surface area contributed by atoms with E-state index in [4.69, 9.17) is 4.74 Å². The van der Waals surface area contributed by atoms with Crippen LogP contribution in [-0.4, -0.2) is 11.1 Å². The van der Waals surface area contributed by atoms with Crippen LogP contribution in [0.3, 0.4) is 0 Å². The lowest BCUT2D eigenvalue weighted by atomic mass is 9.64. The summed E-state index contributed by atoms with van der Waals surface area (Å²) in [7, 11) is 2.69. The largest absolute Gasteiger partial charge is 0.426 e. The Kier molecular flexibility index (Phi) is 8.30. The van der Waals surface area contributed by atoms with Gasteiger partial charge in [0.15, 0.2) is 0 Å². The average molecular weight is 445 g/mol. The van der Waals surface area contributed by atoms with Crippen LogP contribution >= 0.6 is 21.0 Å². The lowest BCUT2D eigenvalue weighted by molar-refractivity contribution is -0.153. The summed E-state index contributed by atoms with van der Waals surface area (Å²) < 4.78 is 5.73. The number of hydrogen-bond donors (Lipinski definition) is 0. The van der Waals surface area contributed by atoms with Gasteiger partial charge in [0.1, 0.15) is 5.75 Å². The summed E-state index contributed by atoms with van der Waals surface area (Å²) in [5, 5.41) is -0.0363. The highest BCUT2D eigenvalue weighted by Gasteiger charge is 2.46. The van der Waals surface area contributed by atoms with E-state index in [1.54, 1.807) is 24.3 Å². The third kappa shape index (κ3) is 6.18. The van der Waals surface area contributed by atoms with Crippen LogP contribution in [0.15, 0.2) is 53.4 Å². The maximum atomic E-state index is 13.0. The molecule has 0 N–H and O–H groups in total. The molecule has 0 aromatic heterocycles. The van der Waals surface area contributed by atoms with Gasteiger partial charge in [-0.05, 0) is 84.6 Å². The van der Waals surface area contributed by atoms with Crippen LogP contribution < -0.4 is 4.74 Å². The van der Waals surface area contributed by atoms with Crippen LogP contribution in [0, 0.1) is 16.7 Å². The van der Waals surface area contributed by atoms with E-state index in [9.17, 15) is 9.59 Å². The number of hydrogen-bond acceptors (Lipinski definition) is 4. The zero-order valence-corrected chi connectivity index (χ0v) is 20.8. The Balaban J connectivity index is 2.08. The van der Waals surface area contributed by atoms with Gasteiger partial charge in [-0.15, -0.1) is 9.24 Å². The van der Waals surface area contributed by atoms with E-state index in [1.807, 2.05) is 31.2 Å². The second-order valence-corrected chi connectivity index (χ2v) is 10.8. The smallest absolute Gasteiger partial charge is 0.317 e. The topological polar surface area (TPSA) is 43.4 Å². The summed E-state index contributed by atoms with van der Waals surface area (Å²) in [5.74, 6) is 0.612. The molecule has 0 aliphatic rings. The molecule has 0 fully saturated rings. The molecule has 0 amide bonds. The normalized spacial score (nSPS) is 13.7. The van der Waals surface area contributed by atoms with Gasteiger partial charge in [-0.25, -0.2) is 0 Å². The zero-order valence-electron chi connectivity index (χ0n) is 18.8. The van der Waals surface area contributed by atoms with Gasteiger partial charge >= 0.3 is 5.97 Å². The predicted molar refractivity (Wildman–Crippen MR) is 129 cm³/mol. The van der Waals surface area contributed by atoms with Crippen molar-refractivity contribution in [3.8, 4) is 5.75 Å². The molecule has 0 bridgehead atoms. The minimum Gasteiger partial charge on any atom is -0.426 e. The first-order valence-corrected chi connectivity index (χ1v) is 11.9. The summed E-state index contributed by atoms with van der Waals surface area (Å²) in [6, 6.07) is 14.8. The Hall–Kier alpha value is -1.64. The van der Waals surface area contributed by atoms with Crippen LogP contribution in [0.1, 0.15) is 63.9 Å². The second-order valence-electron chi connectivity index (χ2n) is 9.33. The van der Waals surface area contributed by atoms with Crippen molar-refractivity contribution in [1.29, 1.82) is 0 Å². The lowest BCUT2D eigenvalue weighted by Gasteiger charge is -2.40. The van der Waals surface area contributed by atoms with Gasteiger partial charge < -0.3 is 4.74 Å². The second kappa shape index (κ2) is 10.1. The van der Waals surface area contributed by atoms with E-state index in [1.165, 1.54) is 17.3 Å². The molecule has 0 aliphatic carbocycles. The quantitative estimate of drug-likeness (QED) is 0.200. The predicted octanol–water partition coefficient (Wildman–Crippen LogP) is 7.00. The third-order valence-electron chi connectivity index (χ3n) is 5.59. The molecule has 0 heterocycles. The number of thioether (sulfide) groups is 1. The first kappa shape index (κ1) is 24.6. The SMILES string of the molecule is CC(C)CC(C)(C(=O)Oc1ccc(C(=O)Sc2ccc(CP)cc2)cc1)C(C)(C)C. The number of rotatable bonds is 7. The molecule has 162 valence electrons. The summed E-state index contributed by atoms with van der Waals surface area (Å²) >= 11 is 1.20. The summed E-state index contributed by atoms with van der Waals surface area (Å²) in [6.07, 6.45) is 1.64. The molecule has 2 rings (SSSR count). The van der Waals surface area contributed by atoms with Crippen molar-refractivity contribution >= 4 is 32.1 Å². The summed E-state index contributed by atoms with van der Waals surface area (Å²) in [5.41, 5.74) is 0.958. The first-order chi connectivity index (χ1) is 14.0. The zero-order chi connectivity index (χ0) is 22.5. The molecule has 2 aromatic rings. The molecule has 0 spiro atoms. The number of esters is 1. The van der Waals surface area contributed by atoms with E-state index in [-0.39, 0.29) is 16.5 Å². The molecule has 0 saturated heterocycles. The van der Waals surface area contributed by atoms with E-state index >= 15 is 0 Å². The maximum absolute atomic E-state index is 13.0. The highest BCUT2D eigenvalue weighted by molar-refractivity contribution is 8.14. The Morgan fingerprint density at radius 2 is 1.53 bits per heavy atom. The van der Waals surface area contributed by atoms with Gasteiger partial charge in [-0.3, -0.25) is 9.59 Å². The fourth-order valence-corrected chi connectivity index (χ4v) is 4.26. The van der Waals surface area contributed by atoms with Gasteiger partial charge in [0.05, 0.1) is 5.41 Å². The Morgan fingerprint density at radius 3 is 2.00 bits per heavy atom. The highest BCUT2D eigenvalue weighted by atomic mass is 32.2. The minimum absolute atomic E-state index is 0.0363. The Morgan fingerprint density at radius 1 is 0.967 bits per heavy atom. The average Bonchev–Trinajstić information content (AvgIpc) is 2.67. The lowest BCUT2D eigenvalue weighted by Crippen LogP contribution is -2.44. The number of ether oxygens (including phenoxy) is 1. The molecule has 2 unspecified atom stereocenters. The van der Waals surface area contributed by atoms with Gasteiger partial charge in [0.2, 0.25) is 5.12 Å². The Bertz CT molecular complexity index is 867. The van der Waals surface area contributed by atoms with E-state index < -0.39 is 5.41 Å². The highest BCUT2D eigenvalue weighted by Crippen LogP contribution is 2.44. The molecule has 2 atom stereocenters. The van der Waals surface area contributed by atoms with Crippen molar-refractivity contribution in [3.63, 3.8) is 0 Å². The first-order valence-electron chi connectivity index (χ1n) is 10.3. The van der Waals surface area contributed by atoms with Crippen molar-refractivity contribution in [2.75, 3.05) is 0 Å². The molecule has 0 aliphatic heterocycles. The molecule has 0 saturated carbocycles. The third-order valence-corrected chi connectivity index (χ3v) is 6.99. The van der Waals surface area contributed by atoms with Crippen molar-refractivity contribution in [2.45, 2.75) is 59.0 Å². The van der Waals surface area contributed by atoms with E-state index in [0.29, 0.717) is 17.2 Å². The van der Waals surface area contributed by atoms with Crippen molar-refractivity contribution in [1.82, 2.24) is 0 Å². The van der Waals surface area contributed by atoms with Crippen molar-refractivity contribution in [2.24, 2.45) is 16.7 Å². The van der Waals surface area contributed by atoms with E-state index in [0.717, 1.165) is 17.5 Å². The monoisotopic (exact) mass is 444 g/mol. The minimum atomic E-state index is -0.603. The van der Waals surface area contributed by atoms with Crippen molar-refractivity contribution in [3.05, 3.63) is 59.7 Å². The Labute approximate surface area is 187 Å². The fourth-order valence-electron chi connectivity index (χ4n) is 3.25. The van der Waals surface area contributed by atoms with Crippen LogP contribution in [0.2, 0.25) is 0 Å². The molecular formula is C25H33O3PS. The molecule has 0 radical (unpaired) electrons. The molecule has 5 heteroatoms. The number of carbonyl (C=O) groups excluding carboxylic acids is 2. The van der Waals surface area contributed by atoms with Crippen LogP contribution in [0.4, 0.5) is 0 Å². The number of carbonyl (C=O) groups is 2. The van der Waals surface area contributed by atoms with Crippen LogP contribution in [-0.2, 0) is 11.0 Å². The van der Waals surface area contributed by atoms with E-state index in [2.05, 4.69) is 43.9 Å². The summed E-state index contributed by atoms with van der Waals surface area (Å²) in [4.78, 5) is 26.5. The maximum Gasteiger partial charge on any atom is 0.317 e. The standard InChI is InChI=1S/C25H33O3PS/c1-17(2)15-25(6,24(3,4)5)23(27)28-20-11-9-19(10-12-20)22(26)30-21-13-7-18(16-29)8-14-21/h7-14,17H,15-16,29H2,1-6H3. The van der Waals surface area contributed by atoms with Gasteiger partial charge in [0, 0.05) is 10.5 Å². The van der Waals surface area contributed by atoms with Gasteiger partial charge in [-0.2, -0.15) is 0 Å². The molecule has 30 heavy (non-hydrogen) atoms. The van der Waals surface area contributed by atoms with Gasteiger partial charge in [0.25, 0.3) is 0 Å². The molecule has 2 aromatic carbocycles. The fraction of sp³-hybridized carbons (Fsp3) is 0.440. The van der Waals surface area contributed by atoms with Crippen LogP contribution in [0.5, 0.6) is 5.75 Å².